The van der Waals surface area contributed by atoms with Gasteiger partial charge >= 0.3 is 0 Å². The van der Waals surface area contributed by atoms with E-state index >= 15 is 0 Å². The average molecular weight is 280 g/mol. The number of ether oxygens (including phenoxy) is 1. The lowest BCUT2D eigenvalue weighted by molar-refractivity contribution is 0.0632. The molecular formula is C15H24N2O3. The average Bonchev–Trinajstić information content (AvgIpc) is 2.36. The van der Waals surface area contributed by atoms with E-state index in [-0.39, 0.29) is 23.9 Å². The van der Waals surface area contributed by atoms with Gasteiger partial charge in [0.1, 0.15) is 5.56 Å². The van der Waals surface area contributed by atoms with Crippen molar-refractivity contribution in [3.8, 4) is 5.88 Å². The third-order valence-corrected chi connectivity index (χ3v) is 3.15. The smallest absolute Gasteiger partial charge is 0.260 e. The number of aliphatic hydroxyl groups excluding tert-OH is 1. The molecule has 1 amide bonds. The van der Waals surface area contributed by atoms with Crippen LogP contribution in [0.1, 0.15) is 56.6 Å². The minimum absolute atomic E-state index is 0.0502. The number of rotatable bonds is 5. The first-order valence-corrected chi connectivity index (χ1v) is 6.84. The van der Waals surface area contributed by atoms with Crippen LogP contribution in [0.3, 0.4) is 0 Å². The molecule has 0 saturated carbocycles. The summed E-state index contributed by atoms with van der Waals surface area (Å²) in [7, 11) is 1.47. The van der Waals surface area contributed by atoms with Crippen LogP contribution in [-0.4, -0.2) is 40.1 Å². The van der Waals surface area contributed by atoms with Crippen molar-refractivity contribution in [2.75, 3.05) is 7.11 Å². The maximum absolute atomic E-state index is 12.8. The molecule has 0 fully saturated rings. The second-order valence-electron chi connectivity index (χ2n) is 5.36. The summed E-state index contributed by atoms with van der Waals surface area (Å²) in [6, 6.07) is 1.75. The fraction of sp³-hybridized carbons (Fsp3) is 0.600. The van der Waals surface area contributed by atoms with Gasteiger partial charge in [-0.25, -0.2) is 4.98 Å². The molecule has 0 saturated heterocycles. The molecule has 0 aliphatic rings. The van der Waals surface area contributed by atoms with E-state index in [1.165, 1.54) is 13.3 Å². The molecule has 0 spiro atoms. The predicted molar refractivity (Wildman–Crippen MR) is 77.9 cm³/mol. The van der Waals surface area contributed by atoms with Crippen LogP contribution in [-0.2, 0) is 0 Å². The summed E-state index contributed by atoms with van der Waals surface area (Å²) >= 11 is 0. The number of nitrogens with zero attached hydrogens (tertiary/aromatic N) is 2. The van der Waals surface area contributed by atoms with Crippen molar-refractivity contribution in [3.05, 3.63) is 23.4 Å². The Morgan fingerprint density at radius 1 is 1.25 bits per heavy atom. The monoisotopic (exact) mass is 280 g/mol. The first kappa shape index (κ1) is 16.4. The van der Waals surface area contributed by atoms with Gasteiger partial charge in [0.25, 0.3) is 5.91 Å². The third kappa shape index (κ3) is 3.28. The van der Waals surface area contributed by atoms with Gasteiger partial charge in [-0.3, -0.25) is 4.79 Å². The Balaban J connectivity index is 3.39. The third-order valence-electron chi connectivity index (χ3n) is 3.15. The predicted octanol–water partition coefficient (Wildman–Crippen LogP) is 2.40. The minimum atomic E-state index is -0.757. The van der Waals surface area contributed by atoms with Crippen molar-refractivity contribution in [2.45, 2.75) is 52.8 Å². The van der Waals surface area contributed by atoms with Crippen molar-refractivity contribution >= 4 is 5.91 Å². The molecule has 1 heterocycles. The van der Waals surface area contributed by atoms with Gasteiger partial charge in [-0.05, 0) is 46.2 Å². The van der Waals surface area contributed by atoms with Crippen molar-refractivity contribution < 1.29 is 14.6 Å². The van der Waals surface area contributed by atoms with Crippen molar-refractivity contribution in [2.24, 2.45) is 0 Å². The molecule has 0 bridgehead atoms. The van der Waals surface area contributed by atoms with E-state index in [4.69, 9.17) is 4.74 Å². The molecule has 0 aliphatic heterocycles. The van der Waals surface area contributed by atoms with Crippen LogP contribution in [0.2, 0.25) is 0 Å². The zero-order chi connectivity index (χ0) is 15.4. The molecule has 0 aliphatic carbocycles. The van der Waals surface area contributed by atoms with E-state index < -0.39 is 6.10 Å². The Kier molecular flexibility index (Phi) is 5.51. The van der Waals surface area contributed by atoms with Gasteiger partial charge in [0.05, 0.1) is 13.2 Å². The van der Waals surface area contributed by atoms with E-state index in [1.807, 2.05) is 27.7 Å². The summed E-state index contributed by atoms with van der Waals surface area (Å²) in [6.07, 6.45) is 0.777. The highest BCUT2D eigenvalue weighted by Gasteiger charge is 2.28. The fourth-order valence-corrected chi connectivity index (χ4v) is 2.37. The van der Waals surface area contributed by atoms with Gasteiger partial charge < -0.3 is 14.7 Å². The first-order valence-electron chi connectivity index (χ1n) is 6.84. The number of carbonyl (C=O) groups is 1. The lowest BCUT2D eigenvalue weighted by Crippen LogP contribution is -2.42. The van der Waals surface area contributed by atoms with E-state index in [2.05, 4.69) is 4.98 Å². The summed E-state index contributed by atoms with van der Waals surface area (Å²) in [6.45, 7) is 9.47. The molecule has 1 unspecified atom stereocenters. The molecule has 112 valence electrons. The Morgan fingerprint density at radius 3 is 2.20 bits per heavy atom. The van der Waals surface area contributed by atoms with Crippen LogP contribution in [0, 0.1) is 0 Å². The quantitative estimate of drug-likeness (QED) is 0.899. The Bertz CT molecular complexity index is 462. The van der Waals surface area contributed by atoms with E-state index in [1.54, 1.807) is 17.9 Å². The molecule has 1 aromatic rings. The fourth-order valence-electron chi connectivity index (χ4n) is 2.37. The van der Waals surface area contributed by atoms with Crippen LogP contribution in [0.5, 0.6) is 5.88 Å². The van der Waals surface area contributed by atoms with Crippen molar-refractivity contribution in [1.82, 2.24) is 9.88 Å². The number of carbonyl (C=O) groups excluding carboxylic acids is 1. The summed E-state index contributed by atoms with van der Waals surface area (Å²) in [4.78, 5) is 18.7. The summed E-state index contributed by atoms with van der Waals surface area (Å²) in [5.74, 6) is 0.0792. The molecule has 1 rings (SSSR count). The van der Waals surface area contributed by atoms with Crippen molar-refractivity contribution in [3.63, 3.8) is 0 Å². The highest BCUT2D eigenvalue weighted by Crippen LogP contribution is 2.27. The highest BCUT2D eigenvalue weighted by molar-refractivity contribution is 5.98. The number of aliphatic hydroxyl groups is 1. The number of pyridine rings is 1. The van der Waals surface area contributed by atoms with Crippen LogP contribution in [0.25, 0.3) is 0 Å². The molecule has 1 atom stereocenters. The van der Waals surface area contributed by atoms with Crippen molar-refractivity contribution in [1.29, 1.82) is 0 Å². The maximum atomic E-state index is 12.8. The van der Waals surface area contributed by atoms with Gasteiger partial charge in [-0.1, -0.05) is 0 Å². The second kappa shape index (κ2) is 6.70. The van der Waals surface area contributed by atoms with Gasteiger partial charge in [0.15, 0.2) is 0 Å². The topological polar surface area (TPSA) is 62.7 Å². The molecular weight excluding hydrogens is 256 g/mol. The molecule has 5 heteroatoms. The largest absolute Gasteiger partial charge is 0.480 e. The standard InChI is InChI=1S/C15H24N2O3/c1-9(2)17(10(3)4)15(19)13-12(11(5)18)7-8-16-14(13)20-6/h7-11,18H,1-6H3. The SMILES string of the molecule is COc1nccc(C(C)O)c1C(=O)N(C(C)C)C(C)C. The van der Waals surface area contributed by atoms with E-state index in [9.17, 15) is 9.90 Å². The number of hydrogen-bond donors (Lipinski definition) is 1. The Labute approximate surface area is 120 Å². The van der Waals surface area contributed by atoms with Crippen LogP contribution >= 0.6 is 0 Å². The van der Waals surface area contributed by atoms with Gasteiger partial charge in [0.2, 0.25) is 5.88 Å². The number of amides is 1. The molecule has 0 radical (unpaired) electrons. The Morgan fingerprint density at radius 2 is 1.80 bits per heavy atom. The number of methoxy groups -OCH3 is 1. The first-order chi connectivity index (χ1) is 9.31. The summed E-state index contributed by atoms with van der Waals surface area (Å²) in [5.41, 5.74) is 0.876. The van der Waals surface area contributed by atoms with Crippen LogP contribution in [0.4, 0.5) is 0 Å². The lowest BCUT2D eigenvalue weighted by Gasteiger charge is -2.32. The molecule has 0 aromatic carbocycles. The summed E-state index contributed by atoms with van der Waals surface area (Å²) < 4.78 is 5.20. The molecule has 1 N–H and O–H groups in total. The number of aromatic nitrogens is 1. The molecule has 20 heavy (non-hydrogen) atoms. The zero-order valence-electron chi connectivity index (χ0n) is 13.0. The summed E-state index contributed by atoms with van der Waals surface area (Å²) in [5, 5.41) is 9.88. The highest BCUT2D eigenvalue weighted by atomic mass is 16.5. The zero-order valence-corrected chi connectivity index (χ0v) is 13.0. The molecule has 1 aromatic heterocycles. The van der Waals surface area contributed by atoms with Gasteiger partial charge in [-0.2, -0.15) is 0 Å². The maximum Gasteiger partial charge on any atom is 0.260 e. The van der Waals surface area contributed by atoms with E-state index in [0.29, 0.717) is 11.1 Å². The number of hydrogen-bond acceptors (Lipinski definition) is 4. The van der Waals surface area contributed by atoms with E-state index in [0.717, 1.165) is 0 Å². The second-order valence-corrected chi connectivity index (χ2v) is 5.36. The Hall–Kier alpha value is -1.62. The normalized spacial score (nSPS) is 12.7. The lowest BCUT2D eigenvalue weighted by atomic mass is 10.0. The van der Waals surface area contributed by atoms with Crippen LogP contribution in [0.15, 0.2) is 12.3 Å². The van der Waals surface area contributed by atoms with Gasteiger partial charge in [0, 0.05) is 18.3 Å². The van der Waals surface area contributed by atoms with Crippen LogP contribution < -0.4 is 4.74 Å². The minimum Gasteiger partial charge on any atom is -0.480 e. The molecule has 5 nitrogen and oxygen atoms in total. The van der Waals surface area contributed by atoms with Gasteiger partial charge in [-0.15, -0.1) is 0 Å².